The number of rotatable bonds is 8. The van der Waals surface area contributed by atoms with Gasteiger partial charge in [-0.05, 0) is 60.4 Å². The van der Waals surface area contributed by atoms with Gasteiger partial charge >= 0.3 is 0 Å². The Morgan fingerprint density at radius 1 is 1.19 bits per heavy atom. The summed E-state index contributed by atoms with van der Waals surface area (Å²) in [6.07, 6.45) is 1.67. The minimum atomic E-state index is -0.141. The Kier molecular flexibility index (Phi) is 7.76. The number of benzene rings is 1. The van der Waals surface area contributed by atoms with Crippen LogP contribution >= 0.6 is 11.3 Å². The summed E-state index contributed by atoms with van der Waals surface area (Å²) in [5.74, 6) is 1.21. The minimum Gasteiger partial charge on any atom is -0.491 e. The summed E-state index contributed by atoms with van der Waals surface area (Å²) in [5, 5.41) is 2.09. The van der Waals surface area contributed by atoms with Crippen molar-refractivity contribution in [2.75, 3.05) is 19.7 Å². The Labute approximate surface area is 190 Å². The molecule has 2 atom stereocenters. The van der Waals surface area contributed by atoms with Gasteiger partial charge in [-0.15, -0.1) is 11.3 Å². The van der Waals surface area contributed by atoms with Crippen LogP contribution in [0.5, 0.6) is 5.75 Å². The van der Waals surface area contributed by atoms with E-state index in [1.165, 1.54) is 22.9 Å². The third-order valence-corrected chi connectivity index (χ3v) is 7.20. The molecule has 2 amide bonds. The van der Waals surface area contributed by atoms with E-state index in [2.05, 4.69) is 37.4 Å². The SMILES string of the molecule is CC[C@@H](C)N(CC(=O)N1CCc2sccc2[C@H]1COc1ccc(C(C)C)cc1)C(C)=O. The molecular weight excluding hydrogens is 408 g/mol. The quantitative estimate of drug-likeness (QED) is 0.577. The van der Waals surface area contributed by atoms with E-state index in [1.54, 1.807) is 16.2 Å². The Hall–Kier alpha value is -2.34. The number of carbonyl (C=O) groups is 2. The summed E-state index contributed by atoms with van der Waals surface area (Å²) in [4.78, 5) is 30.3. The molecule has 0 unspecified atom stereocenters. The van der Waals surface area contributed by atoms with Crippen molar-refractivity contribution in [3.63, 3.8) is 0 Å². The van der Waals surface area contributed by atoms with Crippen LogP contribution in [0.2, 0.25) is 0 Å². The van der Waals surface area contributed by atoms with Crippen molar-refractivity contribution in [2.24, 2.45) is 0 Å². The van der Waals surface area contributed by atoms with Crippen LogP contribution in [-0.2, 0) is 16.0 Å². The van der Waals surface area contributed by atoms with Gasteiger partial charge in [0.25, 0.3) is 0 Å². The predicted molar refractivity (Wildman–Crippen MR) is 126 cm³/mol. The molecule has 31 heavy (non-hydrogen) atoms. The number of nitrogens with zero attached hydrogens (tertiary/aromatic N) is 2. The summed E-state index contributed by atoms with van der Waals surface area (Å²) >= 11 is 1.74. The molecule has 0 N–H and O–H groups in total. The first kappa shape index (κ1) is 23.3. The summed E-state index contributed by atoms with van der Waals surface area (Å²) in [7, 11) is 0. The van der Waals surface area contributed by atoms with E-state index in [1.807, 2.05) is 30.9 Å². The molecule has 0 radical (unpaired) electrons. The molecule has 1 aromatic heterocycles. The lowest BCUT2D eigenvalue weighted by Gasteiger charge is -2.37. The van der Waals surface area contributed by atoms with Gasteiger partial charge in [0.2, 0.25) is 11.8 Å². The maximum atomic E-state index is 13.3. The third-order valence-electron chi connectivity index (χ3n) is 6.20. The first-order chi connectivity index (χ1) is 14.8. The Balaban J connectivity index is 1.76. The highest BCUT2D eigenvalue weighted by Crippen LogP contribution is 2.34. The molecular formula is C25H34N2O3S. The average molecular weight is 443 g/mol. The van der Waals surface area contributed by atoms with Gasteiger partial charge in [0.1, 0.15) is 12.4 Å². The topological polar surface area (TPSA) is 49.9 Å². The number of fused-ring (bicyclic) bond motifs is 1. The van der Waals surface area contributed by atoms with Crippen molar-refractivity contribution in [3.05, 3.63) is 51.7 Å². The number of thiophene rings is 1. The fourth-order valence-electron chi connectivity index (χ4n) is 4.03. The molecule has 3 rings (SSSR count). The lowest BCUT2D eigenvalue weighted by atomic mass is 10.00. The van der Waals surface area contributed by atoms with Gasteiger partial charge in [-0.25, -0.2) is 0 Å². The fraction of sp³-hybridized carbons (Fsp3) is 0.520. The van der Waals surface area contributed by atoms with Gasteiger partial charge < -0.3 is 14.5 Å². The molecule has 2 aromatic rings. The maximum Gasteiger partial charge on any atom is 0.242 e. The normalized spacial score (nSPS) is 16.7. The third kappa shape index (κ3) is 5.48. The smallest absolute Gasteiger partial charge is 0.242 e. The van der Waals surface area contributed by atoms with Crippen molar-refractivity contribution in [2.45, 2.75) is 65.5 Å². The molecule has 0 spiro atoms. The van der Waals surface area contributed by atoms with Crippen molar-refractivity contribution in [1.29, 1.82) is 0 Å². The number of hydrogen-bond acceptors (Lipinski definition) is 4. The van der Waals surface area contributed by atoms with Crippen LogP contribution in [0.15, 0.2) is 35.7 Å². The average Bonchev–Trinajstić information content (AvgIpc) is 3.24. The predicted octanol–water partition coefficient (Wildman–Crippen LogP) is 5.02. The second-order valence-electron chi connectivity index (χ2n) is 8.59. The molecule has 1 aromatic carbocycles. The molecule has 0 saturated heterocycles. The second-order valence-corrected chi connectivity index (χ2v) is 9.59. The number of hydrogen-bond donors (Lipinski definition) is 0. The monoisotopic (exact) mass is 442 g/mol. The summed E-state index contributed by atoms with van der Waals surface area (Å²) in [5.41, 5.74) is 2.44. The fourth-order valence-corrected chi connectivity index (χ4v) is 4.96. The second kappa shape index (κ2) is 10.3. The molecule has 5 nitrogen and oxygen atoms in total. The van der Waals surface area contributed by atoms with Gasteiger partial charge in [-0.3, -0.25) is 9.59 Å². The van der Waals surface area contributed by atoms with Crippen molar-refractivity contribution in [3.8, 4) is 5.75 Å². The van der Waals surface area contributed by atoms with Crippen molar-refractivity contribution < 1.29 is 14.3 Å². The number of ether oxygens (including phenoxy) is 1. The van der Waals surface area contributed by atoms with Crippen LogP contribution in [-0.4, -0.2) is 47.4 Å². The molecule has 0 bridgehead atoms. The van der Waals surface area contributed by atoms with E-state index in [4.69, 9.17) is 4.74 Å². The van der Waals surface area contributed by atoms with Crippen LogP contribution in [0, 0.1) is 0 Å². The van der Waals surface area contributed by atoms with Crippen molar-refractivity contribution in [1.82, 2.24) is 9.80 Å². The maximum absolute atomic E-state index is 13.3. The van der Waals surface area contributed by atoms with E-state index in [-0.39, 0.29) is 30.4 Å². The van der Waals surface area contributed by atoms with Crippen LogP contribution in [0.3, 0.4) is 0 Å². The number of carbonyl (C=O) groups excluding carboxylic acids is 2. The van der Waals surface area contributed by atoms with E-state index in [9.17, 15) is 9.59 Å². The van der Waals surface area contributed by atoms with Crippen LogP contribution < -0.4 is 4.74 Å². The zero-order valence-corrected chi connectivity index (χ0v) is 20.1. The van der Waals surface area contributed by atoms with E-state index < -0.39 is 0 Å². The molecule has 1 aliphatic heterocycles. The molecule has 168 valence electrons. The first-order valence-corrected chi connectivity index (χ1v) is 12.1. The van der Waals surface area contributed by atoms with Crippen molar-refractivity contribution >= 4 is 23.2 Å². The highest BCUT2D eigenvalue weighted by molar-refractivity contribution is 7.10. The number of amides is 2. The first-order valence-electron chi connectivity index (χ1n) is 11.2. The molecule has 2 heterocycles. The minimum absolute atomic E-state index is 0.0175. The standard InChI is InChI=1S/C25H34N2O3S/c1-6-18(4)27(19(5)28)15-25(29)26-13-11-24-22(12-14-31-24)23(26)16-30-21-9-7-20(8-10-21)17(2)3/h7-10,12,14,17-18,23H,6,11,13,15-16H2,1-5H3/t18-,23-/m1/s1. The van der Waals surface area contributed by atoms with E-state index in [0.29, 0.717) is 19.1 Å². The highest BCUT2D eigenvalue weighted by Gasteiger charge is 2.33. The molecule has 1 aliphatic rings. The highest BCUT2D eigenvalue weighted by atomic mass is 32.1. The van der Waals surface area contributed by atoms with Gasteiger partial charge in [-0.1, -0.05) is 32.9 Å². The largest absolute Gasteiger partial charge is 0.491 e. The van der Waals surface area contributed by atoms with Crippen LogP contribution in [0.25, 0.3) is 0 Å². The van der Waals surface area contributed by atoms with E-state index >= 15 is 0 Å². The Bertz CT molecular complexity index is 890. The zero-order chi connectivity index (χ0) is 22.5. The lowest BCUT2D eigenvalue weighted by molar-refractivity contribution is -0.143. The van der Waals surface area contributed by atoms with Crippen LogP contribution in [0.1, 0.15) is 69.0 Å². The lowest BCUT2D eigenvalue weighted by Crippen LogP contribution is -2.49. The molecule has 0 aliphatic carbocycles. The Morgan fingerprint density at radius 2 is 1.90 bits per heavy atom. The Morgan fingerprint density at radius 3 is 2.52 bits per heavy atom. The van der Waals surface area contributed by atoms with Crippen LogP contribution in [0.4, 0.5) is 0 Å². The molecule has 6 heteroatoms. The van der Waals surface area contributed by atoms with Gasteiger partial charge in [0.15, 0.2) is 0 Å². The molecule has 0 saturated carbocycles. The molecule has 0 fully saturated rings. The van der Waals surface area contributed by atoms with Gasteiger partial charge in [0.05, 0.1) is 12.6 Å². The zero-order valence-electron chi connectivity index (χ0n) is 19.3. The summed E-state index contributed by atoms with van der Waals surface area (Å²) in [6, 6.07) is 10.2. The summed E-state index contributed by atoms with van der Waals surface area (Å²) < 4.78 is 6.14. The summed E-state index contributed by atoms with van der Waals surface area (Å²) in [6.45, 7) is 11.1. The van der Waals surface area contributed by atoms with Gasteiger partial charge in [-0.2, -0.15) is 0 Å². The van der Waals surface area contributed by atoms with E-state index in [0.717, 1.165) is 18.6 Å². The van der Waals surface area contributed by atoms with Gasteiger partial charge in [0, 0.05) is 24.4 Å².